The summed E-state index contributed by atoms with van der Waals surface area (Å²) in [5, 5.41) is 3.38. The van der Waals surface area contributed by atoms with E-state index in [1.807, 2.05) is 31.2 Å². The van der Waals surface area contributed by atoms with E-state index >= 15 is 0 Å². The van der Waals surface area contributed by atoms with Crippen LogP contribution in [0.25, 0.3) is 0 Å². The molecule has 0 unspecified atom stereocenters. The Morgan fingerprint density at radius 3 is 2.68 bits per heavy atom. The van der Waals surface area contributed by atoms with Gasteiger partial charge >= 0.3 is 0 Å². The molecule has 2 aromatic carbocycles. The van der Waals surface area contributed by atoms with E-state index in [0.29, 0.717) is 23.9 Å². The minimum absolute atomic E-state index is 0.315. The van der Waals surface area contributed by atoms with Crippen molar-refractivity contribution in [3.8, 4) is 5.75 Å². The smallest absolute Gasteiger partial charge is 0.147 e. The summed E-state index contributed by atoms with van der Waals surface area (Å²) in [4.78, 5) is 0. The average molecular weight is 280 g/mol. The third kappa shape index (κ3) is 3.38. The Labute approximate surface area is 117 Å². The summed E-state index contributed by atoms with van der Waals surface area (Å²) < 4.78 is 19.1. The van der Waals surface area contributed by atoms with Crippen LogP contribution < -0.4 is 10.1 Å². The Bertz CT molecular complexity index is 539. The van der Waals surface area contributed by atoms with Crippen LogP contribution in [0.4, 0.5) is 10.1 Å². The lowest BCUT2D eigenvalue weighted by atomic mass is 10.2. The fraction of sp³-hybridized carbons (Fsp3) is 0.200. The second-order valence-corrected chi connectivity index (χ2v) is 4.40. The molecule has 2 aromatic rings. The summed E-state index contributed by atoms with van der Waals surface area (Å²) >= 11 is 5.96. The zero-order chi connectivity index (χ0) is 13.7. The average Bonchev–Trinajstić information content (AvgIpc) is 2.40. The first-order valence-corrected chi connectivity index (χ1v) is 6.48. The number of halogens is 2. The number of ether oxygens (including phenoxy) is 1. The summed E-state index contributed by atoms with van der Waals surface area (Å²) in [5.41, 5.74) is 1.28. The van der Waals surface area contributed by atoms with Gasteiger partial charge in [-0.2, -0.15) is 0 Å². The summed E-state index contributed by atoms with van der Waals surface area (Å²) in [5.74, 6) is 0.436. The van der Waals surface area contributed by atoms with Gasteiger partial charge < -0.3 is 10.1 Å². The molecule has 0 aliphatic heterocycles. The number of hydrogen-bond acceptors (Lipinski definition) is 2. The third-order valence-electron chi connectivity index (χ3n) is 2.69. The van der Waals surface area contributed by atoms with Gasteiger partial charge in [-0.1, -0.05) is 35.9 Å². The third-order valence-corrected chi connectivity index (χ3v) is 3.01. The first-order chi connectivity index (χ1) is 9.22. The maximum Gasteiger partial charge on any atom is 0.147 e. The molecule has 0 fully saturated rings. The number of benzene rings is 2. The van der Waals surface area contributed by atoms with Crippen molar-refractivity contribution in [2.75, 3.05) is 11.9 Å². The van der Waals surface area contributed by atoms with E-state index in [0.717, 1.165) is 11.3 Å². The molecule has 0 spiro atoms. The Morgan fingerprint density at radius 1 is 1.16 bits per heavy atom. The Morgan fingerprint density at radius 2 is 1.95 bits per heavy atom. The van der Waals surface area contributed by atoms with E-state index in [1.165, 1.54) is 6.07 Å². The summed E-state index contributed by atoms with van der Waals surface area (Å²) in [6.45, 7) is 2.98. The summed E-state index contributed by atoms with van der Waals surface area (Å²) in [6.07, 6.45) is 0. The molecule has 0 aliphatic rings. The number of anilines is 1. The monoisotopic (exact) mass is 279 g/mol. The maximum absolute atomic E-state index is 13.6. The lowest BCUT2D eigenvalue weighted by molar-refractivity contribution is 0.337. The van der Waals surface area contributed by atoms with Gasteiger partial charge in [0.25, 0.3) is 0 Å². The Balaban J connectivity index is 2.15. The molecule has 0 atom stereocenters. The molecular weight excluding hydrogens is 265 g/mol. The predicted octanol–water partition coefficient (Wildman–Crippen LogP) is 4.49. The van der Waals surface area contributed by atoms with Crippen LogP contribution in [0.15, 0.2) is 42.5 Å². The van der Waals surface area contributed by atoms with Crippen LogP contribution in [0.2, 0.25) is 5.02 Å². The molecule has 0 bridgehead atoms. The second-order valence-electron chi connectivity index (χ2n) is 3.99. The van der Waals surface area contributed by atoms with Gasteiger partial charge in [0, 0.05) is 12.1 Å². The highest BCUT2D eigenvalue weighted by Crippen LogP contribution is 2.26. The predicted molar refractivity (Wildman–Crippen MR) is 76.3 cm³/mol. The second kappa shape index (κ2) is 6.43. The fourth-order valence-electron chi connectivity index (χ4n) is 1.80. The molecule has 100 valence electrons. The lowest BCUT2D eigenvalue weighted by Crippen LogP contribution is -2.04. The molecule has 0 amide bonds. The lowest BCUT2D eigenvalue weighted by Gasteiger charge is -2.13. The van der Waals surface area contributed by atoms with Crippen molar-refractivity contribution >= 4 is 17.3 Å². The van der Waals surface area contributed by atoms with Gasteiger partial charge in [-0.3, -0.25) is 0 Å². The zero-order valence-electron chi connectivity index (χ0n) is 10.6. The van der Waals surface area contributed by atoms with Crippen LogP contribution in [0.1, 0.15) is 12.5 Å². The molecule has 2 nitrogen and oxygen atoms in total. The molecule has 0 aliphatic carbocycles. The normalized spacial score (nSPS) is 10.3. The number of nitrogens with one attached hydrogen (secondary N) is 1. The van der Waals surface area contributed by atoms with E-state index in [2.05, 4.69) is 5.32 Å². The molecule has 0 aromatic heterocycles. The van der Waals surface area contributed by atoms with Gasteiger partial charge in [0.05, 0.1) is 17.3 Å². The van der Waals surface area contributed by atoms with Crippen molar-refractivity contribution in [3.63, 3.8) is 0 Å². The van der Waals surface area contributed by atoms with Crippen LogP contribution in [0.3, 0.4) is 0 Å². The molecule has 0 heterocycles. The van der Waals surface area contributed by atoms with Gasteiger partial charge in [0.15, 0.2) is 0 Å². The molecular formula is C15H15ClFNO. The van der Waals surface area contributed by atoms with Crippen molar-refractivity contribution in [2.24, 2.45) is 0 Å². The van der Waals surface area contributed by atoms with Gasteiger partial charge in [-0.15, -0.1) is 0 Å². The van der Waals surface area contributed by atoms with E-state index < -0.39 is 0 Å². The molecule has 0 saturated heterocycles. The molecule has 1 N–H and O–H groups in total. The van der Waals surface area contributed by atoms with Gasteiger partial charge in [0.1, 0.15) is 11.6 Å². The Hall–Kier alpha value is -1.74. The SMILES string of the molecule is CCOc1ccccc1CNc1c(F)cccc1Cl. The van der Waals surface area contributed by atoms with Gasteiger partial charge in [-0.25, -0.2) is 4.39 Å². The quantitative estimate of drug-likeness (QED) is 0.871. The molecule has 0 saturated carbocycles. The van der Waals surface area contributed by atoms with Crippen molar-refractivity contribution in [1.29, 1.82) is 0 Å². The standard InChI is InChI=1S/C15H15ClFNO/c1-2-19-14-9-4-3-6-11(14)10-18-15-12(16)7-5-8-13(15)17/h3-9,18H,2,10H2,1H3. The minimum atomic E-state index is -0.360. The fourth-order valence-corrected chi connectivity index (χ4v) is 2.03. The molecule has 0 radical (unpaired) electrons. The van der Waals surface area contributed by atoms with Gasteiger partial charge in [-0.05, 0) is 25.1 Å². The first kappa shape index (κ1) is 13.7. The van der Waals surface area contributed by atoms with Crippen LogP contribution in [-0.2, 0) is 6.54 Å². The highest BCUT2D eigenvalue weighted by molar-refractivity contribution is 6.33. The Kier molecular flexibility index (Phi) is 4.63. The topological polar surface area (TPSA) is 21.3 Å². The van der Waals surface area contributed by atoms with Gasteiger partial charge in [0.2, 0.25) is 0 Å². The van der Waals surface area contributed by atoms with Crippen LogP contribution >= 0.6 is 11.6 Å². The van der Waals surface area contributed by atoms with E-state index in [9.17, 15) is 4.39 Å². The highest BCUT2D eigenvalue weighted by atomic mass is 35.5. The maximum atomic E-state index is 13.6. The van der Waals surface area contributed by atoms with Crippen LogP contribution in [-0.4, -0.2) is 6.61 Å². The first-order valence-electron chi connectivity index (χ1n) is 6.11. The van der Waals surface area contributed by atoms with Crippen molar-refractivity contribution in [2.45, 2.75) is 13.5 Å². The highest BCUT2D eigenvalue weighted by Gasteiger charge is 2.08. The van der Waals surface area contributed by atoms with Crippen molar-refractivity contribution in [3.05, 3.63) is 58.9 Å². The summed E-state index contributed by atoms with van der Waals surface area (Å²) in [6, 6.07) is 12.3. The largest absolute Gasteiger partial charge is 0.494 e. The van der Waals surface area contributed by atoms with E-state index in [4.69, 9.17) is 16.3 Å². The zero-order valence-corrected chi connectivity index (χ0v) is 11.4. The minimum Gasteiger partial charge on any atom is -0.494 e. The van der Waals surface area contributed by atoms with Crippen molar-refractivity contribution < 1.29 is 9.13 Å². The number of rotatable bonds is 5. The molecule has 2 rings (SSSR count). The molecule has 19 heavy (non-hydrogen) atoms. The number of hydrogen-bond donors (Lipinski definition) is 1. The van der Waals surface area contributed by atoms with Crippen molar-refractivity contribution in [1.82, 2.24) is 0 Å². The van der Waals surface area contributed by atoms with Crippen LogP contribution in [0, 0.1) is 5.82 Å². The van der Waals surface area contributed by atoms with E-state index in [-0.39, 0.29) is 5.82 Å². The molecule has 4 heteroatoms. The summed E-state index contributed by atoms with van der Waals surface area (Å²) in [7, 11) is 0. The number of para-hydroxylation sites is 2. The van der Waals surface area contributed by atoms with E-state index in [1.54, 1.807) is 12.1 Å². The van der Waals surface area contributed by atoms with Crippen LogP contribution in [0.5, 0.6) is 5.75 Å².